The van der Waals surface area contributed by atoms with Gasteiger partial charge in [0.1, 0.15) is 5.82 Å². The number of aryl methyl sites for hydroxylation is 2. The van der Waals surface area contributed by atoms with Crippen LogP contribution in [-0.2, 0) is 6.54 Å². The van der Waals surface area contributed by atoms with Gasteiger partial charge in [-0.3, -0.25) is 0 Å². The van der Waals surface area contributed by atoms with Gasteiger partial charge >= 0.3 is 0 Å². The van der Waals surface area contributed by atoms with Gasteiger partial charge in [-0.15, -0.1) is 0 Å². The fourth-order valence-electron chi connectivity index (χ4n) is 1.87. The van der Waals surface area contributed by atoms with E-state index in [1.807, 2.05) is 6.07 Å². The van der Waals surface area contributed by atoms with Crippen molar-refractivity contribution in [1.82, 2.24) is 0 Å². The van der Waals surface area contributed by atoms with Crippen molar-refractivity contribution in [3.05, 3.63) is 63.9 Å². The standard InChI is InChI=1S/C15H15ClFN/c1-10-3-6-15(11(2)7-10)18-9-12-4-5-13(17)8-14(12)16/h3-8,18H,9H2,1-2H3. The van der Waals surface area contributed by atoms with Gasteiger partial charge in [-0.25, -0.2) is 4.39 Å². The summed E-state index contributed by atoms with van der Waals surface area (Å²) in [6, 6.07) is 10.7. The van der Waals surface area contributed by atoms with Crippen LogP contribution in [0.5, 0.6) is 0 Å². The first-order valence-electron chi connectivity index (χ1n) is 5.81. The topological polar surface area (TPSA) is 12.0 Å². The minimum atomic E-state index is -0.310. The largest absolute Gasteiger partial charge is 0.381 e. The molecule has 0 radical (unpaired) electrons. The van der Waals surface area contributed by atoms with Gasteiger partial charge < -0.3 is 5.32 Å². The summed E-state index contributed by atoms with van der Waals surface area (Å²) in [7, 11) is 0. The molecule has 0 amide bonds. The van der Waals surface area contributed by atoms with Crippen LogP contribution in [0.3, 0.4) is 0 Å². The average molecular weight is 264 g/mol. The molecule has 0 bridgehead atoms. The third kappa shape index (κ3) is 3.02. The van der Waals surface area contributed by atoms with Crippen molar-refractivity contribution in [1.29, 1.82) is 0 Å². The van der Waals surface area contributed by atoms with Crippen LogP contribution in [0.25, 0.3) is 0 Å². The molecule has 1 nitrogen and oxygen atoms in total. The second-order valence-corrected chi connectivity index (χ2v) is 4.81. The number of hydrogen-bond donors (Lipinski definition) is 1. The lowest BCUT2D eigenvalue weighted by Crippen LogP contribution is -2.02. The molecule has 94 valence electrons. The van der Waals surface area contributed by atoms with E-state index in [9.17, 15) is 4.39 Å². The summed E-state index contributed by atoms with van der Waals surface area (Å²) in [6.07, 6.45) is 0. The van der Waals surface area contributed by atoms with Crippen molar-refractivity contribution in [3.63, 3.8) is 0 Å². The third-order valence-electron chi connectivity index (χ3n) is 2.87. The lowest BCUT2D eigenvalue weighted by molar-refractivity contribution is 0.627. The van der Waals surface area contributed by atoms with Crippen LogP contribution in [-0.4, -0.2) is 0 Å². The minimum Gasteiger partial charge on any atom is -0.381 e. The van der Waals surface area contributed by atoms with Crippen molar-refractivity contribution < 1.29 is 4.39 Å². The molecule has 1 N–H and O–H groups in total. The van der Waals surface area contributed by atoms with Gasteiger partial charge in [-0.05, 0) is 43.2 Å². The Morgan fingerprint density at radius 3 is 2.56 bits per heavy atom. The SMILES string of the molecule is Cc1ccc(NCc2ccc(F)cc2Cl)c(C)c1. The second kappa shape index (κ2) is 5.40. The highest BCUT2D eigenvalue weighted by Crippen LogP contribution is 2.21. The molecule has 2 aromatic carbocycles. The average Bonchev–Trinajstić information content (AvgIpc) is 2.30. The molecule has 0 unspecified atom stereocenters. The van der Waals surface area contributed by atoms with E-state index in [2.05, 4.69) is 31.3 Å². The Hall–Kier alpha value is -1.54. The molecular weight excluding hydrogens is 249 g/mol. The molecule has 2 aromatic rings. The van der Waals surface area contributed by atoms with E-state index in [1.54, 1.807) is 6.07 Å². The van der Waals surface area contributed by atoms with Gasteiger partial charge in [0.2, 0.25) is 0 Å². The van der Waals surface area contributed by atoms with Crippen molar-refractivity contribution in [2.24, 2.45) is 0 Å². The normalized spacial score (nSPS) is 10.4. The maximum atomic E-state index is 12.9. The van der Waals surface area contributed by atoms with E-state index in [0.717, 1.165) is 11.3 Å². The summed E-state index contributed by atoms with van der Waals surface area (Å²) in [5, 5.41) is 3.76. The summed E-state index contributed by atoms with van der Waals surface area (Å²) in [5.74, 6) is -0.310. The van der Waals surface area contributed by atoms with Gasteiger partial charge in [0.15, 0.2) is 0 Å². The number of benzene rings is 2. The minimum absolute atomic E-state index is 0.310. The number of halogens is 2. The van der Waals surface area contributed by atoms with Crippen LogP contribution >= 0.6 is 11.6 Å². The molecule has 0 aromatic heterocycles. The van der Waals surface area contributed by atoms with E-state index >= 15 is 0 Å². The molecule has 0 aliphatic carbocycles. The molecule has 3 heteroatoms. The third-order valence-corrected chi connectivity index (χ3v) is 3.22. The fraction of sp³-hybridized carbons (Fsp3) is 0.200. The van der Waals surface area contributed by atoms with Gasteiger partial charge in [-0.1, -0.05) is 35.4 Å². The van der Waals surface area contributed by atoms with E-state index < -0.39 is 0 Å². The molecule has 0 saturated heterocycles. The summed E-state index contributed by atoms with van der Waals surface area (Å²) in [5.41, 5.74) is 4.38. The fourth-order valence-corrected chi connectivity index (χ4v) is 2.10. The monoisotopic (exact) mass is 263 g/mol. The van der Waals surface area contributed by atoms with Gasteiger partial charge in [0.05, 0.1) is 0 Å². The lowest BCUT2D eigenvalue weighted by atomic mass is 10.1. The Labute approximate surface area is 112 Å². The summed E-state index contributed by atoms with van der Waals surface area (Å²) < 4.78 is 12.9. The molecular formula is C15H15ClFN. The Morgan fingerprint density at radius 1 is 1.11 bits per heavy atom. The number of hydrogen-bond acceptors (Lipinski definition) is 1. The molecule has 2 rings (SSSR count). The van der Waals surface area contributed by atoms with Gasteiger partial charge in [0.25, 0.3) is 0 Å². The maximum Gasteiger partial charge on any atom is 0.124 e. The predicted molar refractivity (Wildman–Crippen MR) is 74.7 cm³/mol. The zero-order chi connectivity index (χ0) is 13.1. The lowest BCUT2D eigenvalue weighted by Gasteiger charge is -2.11. The summed E-state index contributed by atoms with van der Waals surface area (Å²) >= 11 is 5.98. The quantitative estimate of drug-likeness (QED) is 0.846. The highest BCUT2D eigenvalue weighted by atomic mass is 35.5. The Kier molecular flexibility index (Phi) is 3.87. The summed E-state index contributed by atoms with van der Waals surface area (Å²) in [6.45, 7) is 4.71. The van der Waals surface area contributed by atoms with Gasteiger partial charge in [-0.2, -0.15) is 0 Å². The van der Waals surface area contributed by atoms with E-state index in [0.29, 0.717) is 11.6 Å². The Balaban J connectivity index is 2.11. The molecule has 0 spiro atoms. The molecule has 18 heavy (non-hydrogen) atoms. The van der Waals surface area contributed by atoms with Crippen LogP contribution in [0.2, 0.25) is 5.02 Å². The van der Waals surface area contributed by atoms with Crippen molar-refractivity contribution in [3.8, 4) is 0 Å². The maximum absolute atomic E-state index is 12.9. The van der Waals surface area contributed by atoms with Crippen molar-refractivity contribution in [2.45, 2.75) is 20.4 Å². The second-order valence-electron chi connectivity index (χ2n) is 4.41. The first kappa shape index (κ1) is 12.9. The van der Waals surface area contributed by atoms with E-state index in [-0.39, 0.29) is 5.82 Å². The molecule has 0 aliphatic rings. The van der Waals surface area contributed by atoms with Crippen LogP contribution in [0, 0.1) is 19.7 Å². The van der Waals surface area contributed by atoms with E-state index in [4.69, 9.17) is 11.6 Å². The molecule has 0 fully saturated rings. The van der Waals surface area contributed by atoms with Crippen molar-refractivity contribution >= 4 is 17.3 Å². The number of nitrogens with one attached hydrogen (secondary N) is 1. The van der Waals surface area contributed by atoms with E-state index in [1.165, 1.54) is 23.3 Å². The molecule has 0 heterocycles. The van der Waals surface area contributed by atoms with Crippen LogP contribution in [0.15, 0.2) is 36.4 Å². The van der Waals surface area contributed by atoms with Crippen molar-refractivity contribution in [2.75, 3.05) is 5.32 Å². The van der Waals surface area contributed by atoms with Crippen LogP contribution in [0.1, 0.15) is 16.7 Å². The first-order chi connectivity index (χ1) is 8.56. The smallest absolute Gasteiger partial charge is 0.124 e. The first-order valence-corrected chi connectivity index (χ1v) is 6.19. The highest BCUT2D eigenvalue weighted by molar-refractivity contribution is 6.31. The number of rotatable bonds is 3. The Bertz CT molecular complexity index is 515. The number of anilines is 1. The molecule has 0 atom stereocenters. The van der Waals surface area contributed by atoms with Crippen LogP contribution in [0.4, 0.5) is 10.1 Å². The van der Waals surface area contributed by atoms with Crippen LogP contribution < -0.4 is 5.32 Å². The highest BCUT2D eigenvalue weighted by Gasteiger charge is 2.03. The molecule has 0 aliphatic heterocycles. The zero-order valence-electron chi connectivity index (χ0n) is 10.4. The summed E-state index contributed by atoms with van der Waals surface area (Å²) in [4.78, 5) is 0. The zero-order valence-corrected chi connectivity index (χ0v) is 11.2. The molecule has 0 saturated carbocycles. The van der Waals surface area contributed by atoms with Gasteiger partial charge in [0, 0.05) is 17.3 Å². The predicted octanol–water partition coefficient (Wildman–Crippen LogP) is 4.71. The Morgan fingerprint density at radius 2 is 1.89 bits per heavy atom.